The number of hydrogen-bond donors (Lipinski definition) is 0. The third kappa shape index (κ3) is 3.09. The van der Waals surface area contributed by atoms with E-state index in [4.69, 9.17) is 16.0 Å². The quantitative estimate of drug-likeness (QED) is 0.252. The molecule has 2 heterocycles. The zero-order valence-electron chi connectivity index (χ0n) is 18.0. The lowest BCUT2D eigenvalue weighted by Gasteiger charge is -2.26. The van der Waals surface area contributed by atoms with Crippen LogP contribution in [-0.2, 0) is 0 Å². The number of fused-ring (bicyclic) bond motifs is 6. The van der Waals surface area contributed by atoms with Gasteiger partial charge in [-0.25, -0.2) is 0 Å². The van der Waals surface area contributed by atoms with Crippen molar-refractivity contribution >= 4 is 82.1 Å². The molecule has 5 aromatic carbocycles. The summed E-state index contributed by atoms with van der Waals surface area (Å²) in [4.78, 5) is 2.26. The van der Waals surface area contributed by atoms with Crippen LogP contribution in [0.15, 0.2) is 114 Å². The smallest absolute Gasteiger partial charge is 0.135 e. The Hall–Kier alpha value is -3.79. The zero-order valence-corrected chi connectivity index (χ0v) is 19.6. The van der Waals surface area contributed by atoms with E-state index >= 15 is 0 Å². The van der Waals surface area contributed by atoms with Gasteiger partial charge < -0.3 is 9.32 Å². The van der Waals surface area contributed by atoms with Gasteiger partial charge in [0.25, 0.3) is 0 Å². The second kappa shape index (κ2) is 7.63. The molecule has 0 bridgehead atoms. The predicted octanol–water partition coefficient (Wildman–Crippen LogP) is 10.1. The Kier molecular flexibility index (Phi) is 4.41. The maximum absolute atomic E-state index is 6.44. The van der Waals surface area contributed by atoms with Crippen molar-refractivity contribution in [3.63, 3.8) is 0 Å². The summed E-state index contributed by atoms with van der Waals surface area (Å²) >= 11 is 8.26. The van der Waals surface area contributed by atoms with Gasteiger partial charge in [0.05, 0.1) is 0 Å². The number of thiophene rings is 1. The minimum absolute atomic E-state index is 0.708. The molecule has 0 saturated heterocycles. The Morgan fingerprint density at radius 2 is 1.21 bits per heavy atom. The normalized spacial score (nSPS) is 11.7. The third-order valence-corrected chi connectivity index (χ3v) is 7.69. The fraction of sp³-hybridized carbons (Fsp3) is 0. The number of rotatable bonds is 3. The van der Waals surface area contributed by atoms with E-state index in [-0.39, 0.29) is 0 Å². The lowest BCUT2D eigenvalue weighted by Crippen LogP contribution is -2.09. The third-order valence-electron chi connectivity index (χ3n) is 6.30. The number of benzene rings is 5. The van der Waals surface area contributed by atoms with E-state index in [1.165, 1.54) is 20.2 Å². The Balaban J connectivity index is 1.49. The van der Waals surface area contributed by atoms with Crippen molar-refractivity contribution < 1.29 is 4.42 Å². The molecule has 0 fully saturated rings. The molecule has 34 heavy (non-hydrogen) atoms. The van der Waals surface area contributed by atoms with Crippen molar-refractivity contribution in [3.8, 4) is 0 Å². The molecule has 2 aromatic heterocycles. The minimum Gasteiger partial charge on any atom is -0.456 e. The van der Waals surface area contributed by atoms with Gasteiger partial charge in [-0.3, -0.25) is 0 Å². The summed E-state index contributed by atoms with van der Waals surface area (Å²) in [6.45, 7) is 0. The number of hydrogen-bond acceptors (Lipinski definition) is 3. The highest BCUT2D eigenvalue weighted by Crippen LogP contribution is 2.42. The van der Waals surface area contributed by atoms with Crippen molar-refractivity contribution in [1.82, 2.24) is 0 Å². The predicted molar refractivity (Wildman–Crippen MR) is 146 cm³/mol. The Labute approximate surface area is 205 Å². The van der Waals surface area contributed by atoms with E-state index < -0.39 is 0 Å². The van der Waals surface area contributed by atoms with Gasteiger partial charge in [-0.15, -0.1) is 11.3 Å². The van der Waals surface area contributed by atoms with E-state index in [2.05, 4.69) is 77.7 Å². The molecule has 0 aliphatic carbocycles. The molecule has 0 N–H and O–H groups in total. The van der Waals surface area contributed by atoms with Crippen LogP contribution in [0.4, 0.5) is 17.1 Å². The van der Waals surface area contributed by atoms with Gasteiger partial charge in [0, 0.05) is 53.0 Å². The summed E-state index contributed by atoms with van der Waals surface area (Å²) in [5.41, 5.74) is 4.94. The Morgan fingerprint density at radius 3 is 2.09 bits per heavy atom. The molecule has 0 aliphatic rings. The number of anilines is 3. The standard InChI is InChI=1S/C30H18ClNOS/c31-19-6-5-7-20(16-19)32(21-12-14-28-25(17-21)23-8-1-3-10-27(23)33-28)22-13-15-30-26(18-22)24-9-2-4-11-29(24)34-30/h1-18H. The van der Waals surface area contributed by atoms with Crippen LogP contribution in [0.25, 0.3) is 42.1 Å². The summed E-state index contributed by atoms with van der Waals surface area (Å²) in [5, 5.41) is 5.47. The maximum Gasteiger partial charge on any atom is 0.135 e. The maximum atomic E-state index is 6.44. The first-order chi connectivity index (χ1) is 16.7. The molecule has 0 saturated carbocycles. The molecule has 0 atom stereocenters. The second-order valence-electron chi connectivity index (χ2n) is 8.37. The van der Waals surface area contributed by atoms with Crippen molar-refractivity contribution in [2.75, 3.05) is 4.90 Å². The fourth-order valence-electron chi connectivity index (χ4n) is 4.77. The van der Waals surface area contributed by atoms with E-state index in [1.807, 2.05) is 47.7 Å². The van der Waals surface area contributed by atoms with Crippen LogP contribution in [0.5, 0.6) is 0 Å². The van der Waals surface area contributed by atoms with Crippen LogP contribution in [0, 0.1) is 0 Å². The molecular formula is C30H18ClNOS. The van der Waals surface area contributed by atoms with E-state index in [9.17, 15) is 0 Å². The molecule has 0 aliphatic heterocycles. The van der Waals surface area contributed by atoms with Gasteiger partial charge in [0.15, 0.2) is 0 Å². The largest absolute Gasteiger partial charge is 0.456 e. The number of para-hydroxylation sites is 1. The van der Waals surface area contributed by atoms with Gasteiger partial charge in [0.1, 0.15) is 11.2 Å². The number of furan rings is 1. The summed E-state index contributed by atoms with van der Waals surface area (Å²) in [6, 6.07) is 37.8. The lowest BCUT2D eigenvalue weighted by molar-refractivity contribution is 0.669. The zero-order chi connectivity index (χ0) is 22.6. The molecular weight excluding hydrogens is 458 g/mol. The Bertz CT molecular complexity index is 1730. The van der Waals surface area contributed by atoms with Crippen LogP contribution >= 0.6 is 22.9 Å². The van der Waals surface area contributed by atoms with E-state index in [0.717, 1.165) is 39.0 Å². The molecule has 7 aromatic rings. The van der Waals surface area contributed by atoms with Crippen molar-refractivity contribution in [1.29, 1.82) is 0 Å². The SMILES string of the molecule is Clc1cccc(N(c2ccc3oc4ccccc4c3c2)c2ccc3sc4ccccc4c3c2)c1. The highest BCUT2D eigenvalue weighted by molar-refractivity contribution is 7.25. The highest BCUT2D eigenvalue weighted by atomic mass is 35.5. The van der Waals surface area contributed by atoms with E-state index in [1.54, 1.807) is 0 Å². The fourth-order valence-corrected chi connectivity index (χ4v) is 6.04. The highest BCUT2D eigenvalue weighted by Gasteiger charge is 2.17. The van der Waals surface area contributed by atoms with Crippen LogP contribution < -0.4 is 4.90 Å². The minimum atomic E-state index is 0.708. The molecule has 7 rings (SSSR count). The first kappa shape index (κ1) is 19.7. The van der Waals surface area contributed by atoms with Crippen molar-refractivity contribution in [2.24, 2.45) is 0 Å². The molecule has 162 valence electrons. The van der Waals surface area contributed by atoms with Crippen molar-refractivity contribution in [2.45, 2.75) is 0 Å². The van der Waals surface area contributed by atoms with Gasteiger partial charge >= 0.3 is 0 Å². The lowest BCUT2D eigenvalue weighted by atomic mass is 10.1. The molecule has 0 radical (unpaired) electrons. The molecule has 2 nitrogen and oxygen atoms in total. The van der Waals surface area contributed by atoms with Gasteiger partial charge in [-0.2, -0.15) is 0 Å². The average molecular weight is 476 g/mol. The van der Waals surface area contributed by atoms with Gasteiger partial charge in [-0.05, 0) is 66.7 Å². The molecule has 0 spiro atoms. The van der Waals surface area contributed by atoms with E-state index in [0.29, 0.717) is 5.02 Å². The van der Waals surface area contributed by atoms with Crippen molar-refractivity contribution in [3.05, 3.63) is 114 Å². The molecule has 4 heteroatoms. The van der Waals surface area contributed by atoms with Crippen LogP contribution in [0.2, 0.25) is 5.02 Å². The number of halogens is 1. The van der Waals surface area contributed by atoms with Crippen LogP contribution in [0.1, 0.15) is 0 Å². The van der Waals surface area contributed by atoms with Gasteiger partial charge in [-0.1, -0.05) is 54.1 Å². The first-order valence-electron chi connectivity index (χ1n) is 11.1. The Morgan fingerprint density at radius 1 is 0.529 bits per heavy atom. The average Bonchev–Trinajstić information content (AvgIpc) is 3.42. The summed E-state index contributed by atoms with van der Waals surface area (Å²) in [5.74, 6) is 0. The summed E-state index contributed by atoms with van der Waals surface area (Å²) in [7, 11) is 0. The first-order valence-corrected chi connectivity index (χ1v) is 12.3. The second-order valence-corrected chi connectivity index (χ2v) is 9.89. The summed E-state index contributed by atoms with van der Waals surface area (Å²) in [6.07, 6.45) is 0. The summed E-state index contributed by atoms with van der Waals surface area (Å²) < 4.78 is 8.66. The monoisotopic (exact) mass is 475 g/mol. The molecule has 0 unspecified atom stereocenters. The number of nitrogens with zero attached hydrogens (tertiary/aromatic N) is 1. The van der Waals surface area contributed by atoms with Crippen LogP contribution in [0.3, 0.4) is 0 Å². The van der Waals surface area contributed by atoms with Crippen LogP contribution in [-0.4, -0.2) is 0 Å². The molecule has 0 amide bonds. The topological polar surface area (TPSA) is 16.4 Å². The van der Waals surface area contributed by atoms with Gasteiger partial charge in [0.2, 0.25) is 0 Å².